The van der Waals surface area contributed by atoms with Crippen LogP contribution in [0.3, 0.4) is 0 Å². The van der Waals surface area contributed by atoms with E-state index in [1.54, 1.807) is 0 Å². The van der Waals surface area contributed by atoms with Gasteiger partial charge in [0.15, 0.2) is 0 Å². The Hall–Kier alpha value is -0.850. The Morgan fingerprint density at radius 3 is 3.17 bits per heavy atom. The molecule has 1 fully saturated rings. The van der Waals surface area contributed by atoms with Crippen molar-refractivity contribution in [2.45, 2.75) is 19.8 Å². The van der Waals surface area contributed by atoms with Crippen LogP contribution < -0.4 is 0 Å². The second-order valence-corrected chi connectivity index (χ2v) is 3.99. The molecular formula is C11H14O. The van der Waals surface area contributed by atoms with Crippen LogP contribution in [0, 0.1) is 17.3 Å². The lowest BCUT2D eigenvalue weighted by atomic mass is 9.51. The first-order valence-corrected chi connectivity index (χ1v) is 4.54. The first-order chi connectivity index (χ1) is 5.70. The van der Waals surface area contributed by atoms with E-state index in [1.807, 2.05) is 13.0 Å². The zero-order valence-electron chi connectivity index (χ0n) is 7.42. The third-order valence-electron chi connectivity index (χ3n) is 3.41. The van der Waals surface area contributed by atoms with Crippen molar-refractivity contribution < 1.29 is 4.79 Å². The fourth-order valence-corrected chi connectivity index (χ4v) is 2.45. The smallest absolute Gasteiger partial charge is 0.146 e. The molecule has 0 bridgehead atoms. The minimum absolute atomic E-state index is 0.248. The molecule has 12 heavy (non-hydrogen) atoms. The maximum absolute atomic E-state index is 11.6. The van der Waals surface area contributed by atoms with Crippen molar-refractivity contribution in [3.05, 3.63) is 24.8 Å². The van der Waals surface area contributed by atoms with Gasteiger partial charge in [0, 0.05) is 11.8 Å². The SMILES string of the molecule is C=CC1(C)C(=O)C2CCC=CC21. The number of allylic oxidation sites excluding steroid dienone is 3. The molecule has 2 aliphatic rings. The van der Waals surface area contributed by atoms with Crippen LogP contribution in [0.15, 0.2) is 24.8 Å². The van der Waals surface area contributed by atoms with Crippen molar-refractivity contribution in [3.8, 4) is 0 Å². The van der Waals surface area contributed by atoms with Crippen LogP contribution >= 0.6 is 0 Å². The molecule has 1 heteroatoms. The van der Waals surface area contributed by atoms with Crippen LogP contribution in [-0.4, -0.2) is 5.78 Å². The minimum atomic E-state index is -0.248. The lowest BCUT2D eigenvalue weighted by Crippen LogP contribution is -2.54. The molecular weight excluding hydrogens is 148 g/mol. The Morgan fingerprint density at radius 1 is 1.75 bits per heavy atom. The van der Waals surface area contributed by atoms with Gasteiger partial charge < -0.3 is 0 Å². The van der Waals surface area contributed by atoms with Gasteiger partial charge in [-0.05, 0) is 19.8 Å². The van der Waals surface area contributed by atoms with Gasteiger partial charge >= 0.3 is 0 Å². The Balaban J connectivity index is 2.31. The minimum Gasteiger partial charge on any atom is -0.298 e. The van der Waals surface area contributed by atoms with E-state index in [9.17, 15) is 4.79 Å². The summed E-state index contributed by atoms with van der Waals surface area (Å²) in [7, 11) is 0. The predicted octanol–water partition coefficient (Wildman–Crippen LogP) is 2.34. The lowest BCUT2D eigenvalue weighted by Gasteiger charge is -2.50. The largest absolute Gasteiger partial charge is 0.298 e. The van der Waals surface area contributed by atoms with Gasteiger partial charge in [-0.2, -0.15) is 0 Å². The Labute approximate surface area is 73.2 Å². The van der Waals surface area contributed by atoms with E-state index in [1.165, 1.54) is 0 Å². The van der Waals surface area contributed by atoms with Gasteiger partial charge in [0.2, 0.25) is 0 Å². The second-order valence-electron chi connectivity index (χ2n) is 3.99. The summed E-state index contributed by atoms with van der Waals surface area (Å²) in [5.74, 6) is 1.14. The summed E-state index contributed by atoms with van der Waals surface area (Å²) in [6.45, 7) is 5.74. The molecule has 0 radical (unpaired) electrons. The molecule has 3 atom stereocenters. The molecule has 0 N–H and O–H groups in total. The quantitative estimate of drug-likeness (QED) is 0.541. The van der Waals surface area contributed by atoms with Crippen LogP contribution in [0.5, 0.6) is 0 Å². The summed E-state index contributed by atoms with van der Waals surface area (Å²) >= 11 is 0. The second kappa shape index (κ2) is 2.32. The highest BCUT2D eigenvalue weighted by Gasteiger charge is 2.55. The van der Waals surface area contributed by atoms with Crippen molar-refractivity contribution in [2.75, 3.05) is 0 Å². The van der Waals surface area contributed by atoms with Crippen LogP contribution in [0.1, 0.15) is 19.8 Å². The summed E-state index contributed by atoms with van der Waals surface area (Å²) in [5.41, 5.74) is -0.248. The molecule has 0 saturated heterocycles. The van der Waals surface area contributed by atoms with Crippen molar-refractivity contribution in [1.82, 2.24) is 0 Å². The van der Waals surface area contributed by atoms with Crippen molar-refractivity contribution in [1.29, 1.82) is 0 Å². The maximum Gasteiger partial charge on any atom is 0.146 e. The van der Waals surface area contributed by atoms with E-state index in [0.717, 1.165) is 12.8 Å². The number of carbonyl (C=O) groups is 1. The van der Waals surface area contributed by atoms with Gasteiger partial charge in [0.25, 0.3) is 0 Å². The molecule has 3 unspecified atom stereocenters. The normalized spacial score (nSPS) is 44.9. The number of rotatable bonds is 1. The predicted molar refractivity (Wildman–Crippen MR) is 48.7 cm³/mol. The van der Waals surface area contributed by atoms with E-state index in [-0.39, 0.29) is 5.41 Å². The number of hydrogen-bond donors (Lipinski definition) is 0. The number of Topliss-reactive ketones (excluding diaryl/α,β-unsaturated/α-hetero) is 1. The highest BCUT2D eigenvalue weighted by Crippen LogP contribution is 2.52. The molecule has 0 aliphatic heterocycles. The molecule has 0 aromatic carbocycles. The summed E-state index contributed by atoms with van der Waals surface area (Å²) in [4.78, 5) is 11.6. The average molecular weight is 162 g/mol. The first-order valence-electron chi connectivity index (χ1n) is 4.54. The van der Waals surface area contributed by atoms with Gasteiger partial charge in [-0.3, -0.25) is 4.79 Å². The highest BCUT2D eigenvalue weighted by atomic mass is 16.1. The molecule has 0 heterocycles. The first kappa shape index (κ1) is 7.78. The average Bonchev–Trinajstić information content (AvgIpc) is 2.16. The Morgan fingerprint density at radius 2 is 2.50 bits per heavy atom. The third kappa shape index (κ3) is 0.715. The maximum atomic E-state index is 11.6. The molecule has 1 saturated carbocycles. The molecule has 2 rings (SSSR count). The molecule has 0 spiro atoms. The summed E-state index contributed by atoms with van der Waals surface area (Å²) in [5, 5.41) is 0. The molecule has 64 valence electrons. The Bertz CT molecular complexity index is 264. The van der Waals surface area contributed by atoms with Crippen LogP contribution in [-0.2, 0) is 4.79 Å². The zero-order valence-corrected chi connectivity index (χ0v) is 7.42. The summed E-state index contributed by atoms with van der Waals surface area (Å²) in [6.07, 6.45) is 8.31. The molecule has 0 amide bonds. The van der Waals surface area contributed by atoms with E-state index < -0.39 is 0 Å². The van der Waals surface area contributed by atoms with E-state index in [0.29, 0.717) is 17.6 Å². The third-order valence-corrected chi connectivity index (χ3v) is 3.41. The molecule has 0 aromatic rings. The van der Waals surface area contributed by atoms with Crippen molar-refractivity contribution in [2.24, 2.45) is 17.3 Å². The van der Waals surface area contributed by atoms with Crippen LogP contribution in [0.2, 0.25) is 0 Å². The van der Waals surface area contributed by atoms with Crippen molar-refractivity contribution in [3.63, 3.8) is 0 Å². The van der Waals surface area contributed by atoms with Crippen LogP contribution in [0.25, 0.3) is 0 Å². The topological polar surface area (TPSA) is 17.1 Å². The lowest BCUT2D eigenvalue weighted by molar-refractivity contribution is -0.147. The van der Waals surface area contributed by atoms with Crippen molar-refractivity contribution >= 4 is 5.78 Å². The number of fused-ring (bicyclic) bond motifs is 1. The number of hydrogen-bond acceptors (Lipinski definition) is 1. The fourth-order valence-electron chi connectivity index (χ4n) is 2.45. The van der Waals surface area contributed by atoms with E-state index in [4.69, 9.17) is 0 Å². The highest BCUT2D eigenvalue weighted by molar-refractivity contribution is 5.96. The fraction of sp³-hybridized carbons (Fsp3) is 0.545. The van der Waals surface area contributed by atoms with Gasteiger partial charge in [0.05, 0.1) is 5.41 Å². The molecule has 1 nitrogen and oxygen atoms in total. The monoisotopic (exact) mass is 162 g/mol. The zero-order chi connectivity index (χ0) is 8.77. The van der Waals surface area contributed by atoms with E-state index >= 15 is 0 Å². The molecule has 0 aromatic heterocycles. The summed E-state index contributed by atoms with van der Waals surface area (Å²) in [6, 6.07) is 0. The van der Waals surface area contributed by atoms with Gasteiger partial charge in [-0.1, -0.05) is 18.2 Å². The molecule has 2 aliphatic carbocycles. The number of carbonyl (C=O) groups excluding carboxylic acids is 1. The summed E-state index contributed by atoms with van der Waals surface area (Å²) < 4.78 is 0. The standard InChI is InChI=1S/C11H14O/c1-3-11(2)9-7-5-4-6-8(9)10(11)12/h3,5,7-9H,1,4,6H2,2H3. The van der Waals surface area contributed by atoms with E-state index in [2.05, 4.69) is 18.7 Å². The van der Waals surface area contributed by atoms with Gasteiger partial charge in [-0.15, -0.1) is 6.58 Å². The number of ketones is 1. The van der Waals surface area contributed by atoms with Gasteiger partial charge in [0.1, 0.15) is 5.78 Å². The van der Waals surface area contributed by atoms with Crippen LogP contribution in [0.4, 0.5) is 0 Å². The Kier molecular flexibility index (Phi) is 1.50. The van der Waals surface area contributed by atoms with Gasteiger partial charge in [-0.25, -0.2) is 0 Å².